The Bertz CT molecular complexity index is 232. The van der Waals surface area contributed by atoms with Crippen molar-refractivity contribution in [3.63, 3.8) is 0 Å². The van der Waals surface area contributed by atoms with Crippen molar-refractivity contribution in [3.05, 3.63) is 0 Å². The molecule has 0 aromatic rings. The second-order valence-electron chi connectivity index (χ2n) is 2.97. The van der Waals surface area contributed by atoms with Crippen molar-refractivity contribution in [2.75, 3.05) is 0 Å². The Balaban J connectivity index is 0. The molecule has 0 saturated heterocycles. The molecule has 0 bridgehead atoms. The molecule has 0 spiro atoms. The Morgan fingerprint density at radius 1 is 0.643 bits per heavy atom. The minimum absolute atomic E-state index is 0. The first-order valence-corrected chi connectivity index (χ1v) is 3.82. The molecule has 0 heterocycles. The number of ketones is 4. The third kappa shape index (κ3) is 2.53. The summed E-state index contributed by atoms with van der Waals surface area (Å²) in [4.78, 5) is 44.5. The van der Waals surface area contributed by atoms with Crippen LogP contribution in [0, 0.1) is 45.8 Å². The van der Waals surface area contributed by atoms with Gasteiger partial charge in [-0.15, -0.1) is 0 Å². The van der Waals surface area contributed by atoms with E-state index in [0.29, 0.717) is 0 Å². The molecule has 4 nitrogen and oxygen atoms in total. The Morgan fingerprint density at radius 2 is 0.786 bits per heavy atom. The fraction of sp³-hybridized carbons (Fsp3) is 0.556. The molecule has 0 aliphatic rings. The smallest absolute Gasteiger partial charge is 0.202 e. The largest absolute Gasteiger partial charge is 0.298 e. The van der Waals surface area contributed by atoms with Gasteiger partial charge in [-0.2, -0.15) is 0 Å². The molecule has 0 unspecified atom stereocenters. The second-order valence-corrected chi connectivity index (χ2v) is 2.97. The van der Waals surface area contributed by atoms with Gasteiger partial charge in [0.1, 0.15) is 0 Å². The standard InChI is InChI=1S/C9H12O4.Sm/c1-5(10)9(6(2)11,7(3)12)8(4)13;/h1-4H3;. The molecule has 0 atom stereocenters. The Kier molecular flexibility index (Phi) is 6.80. The zero-order valence-corrected chi connectivity index (χ0v) is 11.2. The van der Waals surface area contributed by atoms with Gasteiger partial charge in [0, 0.05) is 40.4 Å². The van der Waals surface area contributed by atoms with Gasteiger partial charge in [-0.1, -0.05) is 0 Å². The average molecular weight is 335 g/mol. The Labute approximate surface area is 115 Å². The average Bonchev–Trinajstić information content (AvgIpc) is 1.82. The maximum absolute atomic E-state index is 11.1. The van der Waals surface area contributed by atoms with Crippen LogP contribution in [0.5, 0.6) is 0 Å². The SMILES string of the molecule is CC(=O)C(C(C)=O)(C(C)=O)C(C)=O.[Sm]. The van der Waals surface area contributed by atoms with Crippen molar-refractivity contribution in [1.29, 1.82) is 0 Å². The third-order valence-corrected chi connectivity index (χ3v) is 2.11. The van der Waals surface area contributed by atoms with E-state index in [1.165, 1.54) is 0 Å². The summed E-state index contributed by atoms with van der Waals surface area (Å²) in [5, 5.41) is 0. The van der Waals surface area contributed by atoms with Crippen molar-refractivity contribution in [3.8, 4) is 0 Å². The van der Waals surface area contributed by atoms with Crippen molar-refractivity contribution in [2.24, 2.45) is 5.41 Å². The molecule has 0 rings (SSSR count). The first-order valence-electron chi connectivity index (χ1n) is 3.82. The molecule has 5 heteroatoms. The van der Waals surface area contributed by atoms with Crippen LogP contribution in [0.4, 0.5) is 0 Å². The van der Waals surface area contributed by atoms with E-state index in [0.717, 1.165) is 27.7 Å². The van der Waals surface area contributed by atoms with Crippen LogP contribution in [-0.2, 0) is 19.2 Å². The summed E-state index contributed by atoms with van der Waals surface area (Å²) in [5.41, 5.74) is -2.06. The van der Waals surface area contributed by atoms with Gasteiger partial charge in [-0.25, -0.2) is 0 Å². The van der Waals surface area contributed by atoms with Gasteiger partial charge in [-0.05, 0) is 27.7 Å². The van der Waals surface area contributed by atoms with E-state index in [2.05, 4.69) is 0 Å². The first-order chi connectivity index (χ1) is 5.77. The van der Waals surface area contributed by atoms with E-state index in [4.69, 9.17) is 0 Å². The fourth-order valence-corrected chi connectivity index (χ4v) is 1.49. The molecule has 0 radical (unpaired) electrons. The number of rotatable bonds is 4. The Morgan fingerprint density at radius 3 is 0.786 bits per heavy atom. The van der Waals surface area contributed by atoms with Gasteiger partial charge in [0.2, 0.25) is 5.41 Å². The number of hydrogen-bond donors (Lipinski definition) is 0. The first kappa shape index (κ1) is 16.4. The van der Waals surface area contributed by atoms with Gasteiger partial charge in [0.25, 0.3) is 0 Å². The van der Waals surface area contributed by atoms with E-state index in [-0.39, 0.29) is 40.4 Å². The van der Waals surface area contributed by atoms with Gasteiger partial charge in [0.15, 0.2) is 23.1 Å². The molecule has 0 saturated carbocycles. The van der Waals surface area contributed by atoms with Gasteiger partial charge in [-0.3, -0.25) is 19.2 Å². The number of carbonyl (C=O) groups is 4. The van der Waals surface area contributed by atoms with E-state index in [1.807, 2.05) is 0 Å². The zero-order valence-electron chi connectivity index (χ0n) is 8.54. The second kappa shape index (κ2) is 5.79. The molecule has 0 aromatic carbocycles. The normalized spacial score (nSPS) is 10.0. The van der Waals surface area contributed by atoms with Crippen molar-refractivity contribution in [2.45, 2.75) is 27.7 Å². The van der Waals surface area contributed by atoms with E-state index in [1.54, 1.807) is 0 Å². The topological polar surface area (TPSA) is 68.3 Å². The minimum atomic E-state index is -2.06. The van der Waals surface area contributed by atoms with Crippen molar-refractivity contribution in [1.82, 2.24) is 0 Å². The predicted octanol–water partition coefficient (Wildman–Crippen LogP) is 0.329. The van der Waals surface area contributed by atoms with Crippen LogP contribution in [0.25, 0.3) is 0 Å². The maximum atomic E-state index is 11.1. The number of hydrogen-bond acceptors (Lipinski definition) is 4. The van der Waals surface area contributed by atoms with Crippen LogP contribution in [0.3, 0.4) is 0 Å². The molecule has 0 aromatic heterocycles. The molecular formula is C9H12O4Sm. The van der Waals surface area contributed by atoms with E-state index >= 15 is 0 Å². The summed E-state index contributed by atoms with van der Waals surface area (Å²) in [7, 11) is 0. The predicted molar refractivity (Wildman–Crippen MR) is 45.2 cm³/mol. The molecule has 78 valence electrons. The van der Waals surface area contributed by atoms with E-state index < -0.39 is 28.5 Å². The summed E-state index contributed by atoms with van der Waals surface area (Å²) in [6.07, 6.45) is 0. The van der Waals surface area contributed by atoms with Gasteiger partial charge in [0.05, 0.1) is 0 Å². The number of Topliss-reactive ketones (excluding diaryl/α,β-unsaturated/α-hetero) is 4. The van der Waals surface area contributed by atoms with Crippen LogP contribution in [0.15, 0.2) is 0 Å². The molecule has 0 N–H and O–H groups in total. The summed E-state index contributed by atoms with van der Waals surface area (Å²) in [6, 6.07) is 0. The summed E-state index contributed by atoms with van der Waals surface area (Å²) in [5.74, 6) is -2.83. The van der Waals surface area contributed by atoms with E-state index in [9.17, 15) is 19.2 Å². The quantitative estimate of drug-likeness (QED) is 0.695. The summed E-state index contributed by atoms with van der Waals surface area (Å²) < 4.78 is 0. The molecule has 0 aliphatic carbocycles. The van der Waals surface area contributed by atoms with Crippen LogP contribution in [0.1, 0.15) is 27.7 Å². The summed E-state index contributed by atoms with van der Waals surface area (Å²) in [6.45, 7) is 4.29. The third-order valence-electron chi connectivity index (χ3n) is 2.11. The van der Waals surface area contributed by atoms with Gasteiger partial charge >= 0.3 is 0 Å². The molecule has 0 aliphatic heterocycles. The summed E-state index contributed by atoms with van der Waals surface area (Å²) >= 11 is 0. The van der Waals surface area contributed by atoms with Crippen LogP contribution >= 0.6 is 0 Å². The number of carbonyl (C=O) groups excluding carboxylic acids is 4. The monoisotopic (exact) mass is 336 g/mol. The minimum Gasteiger partial charge on any atom is -0.298 e. The molecular weight excluding hydrogens is 322 g/mol. The van der Waals surface area contributed by atoms with Crippen molar-refractivity contribution >= 4 is 23.1 Å². The van der Waals surface area contributed by atoms with Crippen molar-refractivity contribution < 1.29 is 59.6 Å². The zero-order chi connectivity index (χ0) is 10.8. The molecule has 0 amide bonds. The Hall–Kier alpha value is 0.0177. The van der Waals surface area contributed by atoms with Gasteiger partial charge < -0.3 is 0 Å². The van der Waals surface area contributed by atoms with Crippen LogP contribution in [-0.4, -0.2) is 23.1 Å². The van der Waals surface area contributed by atoms with Crippen LogP contribution in [0.2, 0.25) is 0 Å². The fourth-order valence-electron chi connectivity index (χ4n) is 1.49. The molecule has 14 heavy (non-hydrogen) atoms. The molecule has 0 fully saturated rings. The van der Waals surface area contributed by atoms with Crippen LogP contribution < -0.4 is 0 Å². The maximum Gasteiger partial charge on any atom is 0.202 e.